The minimum Gasteiger partial charge on any atom is -0.345 e. The summed E-state index contributed by atoms with van der Waals surface area (Å²) >= 11 is 0. The molecule has 0 aliphatic heterocycles. The average Bonchev–Trinajstić information content (AvgIpc) is 2.89. The van der Waals surface area contributed by atoms with E-state index in [1.54, 1.807) is 0 Å². The normalized spacial score (nSPS) is 12.2. The highest BCUT2D eigenvalue weighted by atomic mass is 16.5. The molecule has 0 bridgehead atoms. The highest BCUT2D eigenvalue weighted by Crippen LogP contribution is 2.21. The summed E-state index contributed by atoms with van der Waals surface area (Å²) in [6.07, 6.45) is 1.32. The largest absolute Gasteiger partial charge is 0.345 e. The third-order valence-corrected chi connectivity index (χ3v) is 3.05. The van der Waals surface area contributed by atoms with Crippen molar-refractivity contribution in [3.63, 3.8) is 0 Å². The topological polar surface area (TPSA) is 68.0 Å². The van der Waals surface area contributed by atoms with Crippen molar-refractivity contribution in [2.24, 2.45) is 0 Å². The van der Waals surface area contributed by atoms with Gasteiger partial charge in [-0.15, -0.1) is 0 Å². The van der Waals surface area contributed by atoms with Crippen molar-refractivity contribution in [1.82, 2.24) is 15.5 Å². The van der Waals surface area contributed by atoms with Crippen molar-refractivity contribution in [3.8, 4) is 11.4 Å². The number of nitrogens with zero attached hydrogens (tertiary/aromatic N) is 2. The van der Waals surface area contributed by atoms with Crippen LogP contribution in [0.2, 0.25) is 0 Å². The highest BCUT2D eigenvalue weighted by molar-refractivity contribution is 5.76. The lowest BCUT2D eigenvalue weighted by molar-refractivity contribution is -0.121. The second kappa shape index (κ2) is 6.32. The van der Waals surface area contributed by atoms with Crippen molar-refractivity contribution in [1.29, 1.82) is 0 Å². The number of rotatable bonds is 5. The fourth-order valence-corrected chi connectivity index (χ4v) is 1.95. The predicted octanol–water partition coefficient (Wildman–Crippen LogP) is 3.02. The van der Waals surface area contributed by atoms with Crippen LogP contribution in [0.25, 0.3) is 11.4 Å². The minimum atomic E-state index is -0.278. The van der Waals surface area contributed by atoms with Gasteiger partial charge in [0.2, 0.25) is 17.6 Å². The van der Waals surface area contributed by atoms with Crippen LogP contribution in [0.1, 0.15) is 44.2 Å². The number of amides is 1. The smallest absolute Gasteiger partial charge is 0.249 e. The molecule has 0 aliphatic rings. The Hall–Kier alpha value is -2.17. The fourth-order valence-electron chi connectivity index (χ4n) is 1.95. The van der Waals surface area contributed by atoms with Gasteiger partial charge in [0.25, 0.3) is 0 Å². The van der Waals surface area contributed by atoms with E-state index >= 15 is 0 Å². The van der Waals surface area contributed by atoms with Gasteiger partial charge in [-0.1, -0.05) is 36.3 Å². The third kappa shape index (κ3) is 3.23. The van der Waals surface area contributed by atoms with E-state index in [2.05, 4.69) is 15.5 Å². The highest BCUT2D eigenvalue weighted by Gasteiger charge is 2.17. The van der Waals surface area contributed by atoms with E-state index in [0.29, 0.717) is 18.1 Å². The molecule has 1 aromatic carbocycles. The molecule has 1 N–H and O–H groups in total. The summed E-state index contributed by atoms with van der Waals surface area (Å²) in [6.45, 7) is 5.80. The molecule has 2 rings (SSSR count). The van der Waals surface area contributed by atoms with Crippen LogP contribution in [0.4, 0.5) is 0 Å². The van der Waals surface area contributed by atoms with Crippen LogP contribution in [0, 0.1) is 6.92 Å². The Bertz CT molecular complexity index is 592. The van der Waals surface area contributed by atoms with Gasteiger partial charge in [-0.2, -0.15) is 4.98 Å². The fraction of sp³-hybridized carbons (Fsp3) is 0.400. The molecule has 1 aromatic heterocycles. The Kier molecular flexibility index (Phi) is 4.50. The summed E-state index contributed by atoms with van der Waals surface area (Å²) in [7, 11) is 0. The molecule has 0 aliphatic carbocycles. The van der Waals surface area contributed by atoms with Gasteiger partial charge in [0.1, 0.15) is 6.04 Å². The molecular weight excluding hydrogens is 254 g/mol. The molecular formula is C15H19N3O2. The summed E-state index contributed by atoms with van der Waals surface area (Å²) < 4.78 is 5.24. The molecule has 5 heteroatoms. The molecule has 1 amide bonds. The van der Waals surface area contributed by atoms with E-state index in [0.717, 1.165) is 17.5 Å². The lowest BCUT2D eigenvalue weighted by atomic mass is 10.1. The Morgan fingerprint density at radius 2 is 2.15 bits per heavy atom. The second-order valence-corrected chi connectivity index (χ2v) is 4.81. The van der Waals surface area contributed by atoms with Crippen molar-refractivity contribution in [2.45, 2.75) is 39.7 Å². The first kappa shape index (κ1) is 14.2. The van der Waals surface area contributed by atoms with E-state index in [4.69, 9.17) is 4.52 Å². The first-order valence-electron chi connectivity index (χ1n) is 6.80. The number of hydrogen-bond acceptors (Lipinski definition) is 4. The van der Waals surface area contributed by atoms with Gasteiger partial charge in [-0.05, 0) is 25.8 Å². The predicted molar refractivity (Wildman–Crippen MR) is 75.9 cm³/mol. The summed E-state index contributed by atoms with van der Waals surface area (Å²) in [6, 6.07) is 7.57. The summed E-state index contributed by atoms with van der Waals surface area (Å²) in [5.41, 5.74) is 2.03. The van der Waals surface area contributed by atoms with E-state index in [1.165, 1.54) is 0 Å². The van der Waals surface area contributed by atoms with Gasteiger partial charge in [0.05, 0.1) is 0 Å². The van der Waals surface area contributed by atoms with Crippen molar-refractivity contribution < 1.29 is 9.32 Å². The van der Waals surface area contributed by atoms with Crippen LogP contribution in [0.15, 0.2) is 28.8 Å². The van der Waals surface area contributed by atoms with E-state index in [9.17, 15) is 4.79 Å². The molecule has 1 atom stereocenters. The summed E-state index contributed by atoms with van der Waals surface area (Å²) in [5, 5.41) is 6.83. The SMILES string of the molecule is CCCC(=O)N[C@@H](C)c1nc(-c2ccccc2C)no1. The zero-order chi connectivity index (χ0) is 14.5. The standard InChI is InChI=1S/C15H19N3O2/c1-4-7-13(19)16-11(3)15-17-14(18-20-15)12-9-6-5-8-10(12)2/h5-6,8-9,11H,4,7H2,1-3H3,(H,16,19)/t11-/m0/s1. The van der Waals surface area contributed by atoms with Crippen LogP contribution in [-0.4, -0.2) is 16.0 Å². The van der Waals surface area contributed by atoms with Crippen LogP contribution in [0.3, 0.4) is 0 Å². The molecule has 20 heavy (non-hydrogen) atoms. The molecule has 106 valence electrons. The molecule has 1 heterocycles. The molecule has 0 unspecified atom stereocenters. The van der Waals surface area contributed by atoms with Crippen molar-refractivity contribution in [3.05, 3.63) is 35.7 Å². The maximum absolute atomic E-state index is 11.6. The zero-order valence-electron chi connectivity index (χ0n) is 12.0. The average molecular weight is 273 g/mol. The molecule has 0 fully saturated rings. The molecule has 0 saturated heterocycles. The van der Waals surface area contributed by atoms with Gasteiger partial charge in [0.15, 0.2) is 0 Å². The Morgan fingerprint density at radius 1 is 1.40 bits per heavy atom. The van der Waals surface area contributed by atoms with Crippen LogP contribution >= 0.6 is 0 Å². The van der Waals surface area contributed by atoms with Crippen molar-refractivity contribution in [2.75, 3.05) is 0 Å². The van der Waals surface area contributed by atoms with E-state index < -0.39 is 0 Å². The van der Waals surface area contributed by atoms with Crippen LogP contribution in [-0.2, 0) is 4.79 Å². The number of aromatic nitrogens is 2. The van der Waals surface area contributed by atoms with Gasteiger partial charge >= 0.3 is 0 Å². The van der Waals surface area contributed by atoms with Gasteiger partial charge in [-0.25, -0.2) is 0 Å². The Morgan fingerprint density at radius 3 is 2.85 bits per heavy atom. The maximum atomic E-state index is 11.6. The monoisotopic (exact) mass is 273 g/mol. The first-order valence-corrected chi connectivity index (χ1v) is 6.80. The molecule has 5 nitrogen and oxygen atoms in total. The van der Waals surface area contributed by atoms with Crippen LogP contribution in [0.5, 0.6) is 0 Å². The summed E-state index contributed by atoms with van der Waals surface area (Å²) in [4.78, 5) is 15.9. The minimum absolute atomic E-state index is 0.00404. The molecule has 0 spiro atoms. The number of aryl methyl sites for hydroxylation is 1. The molecule has 2 aromatic rings. The van der Waals surface area contributed by atoms with Gasteiger partial charge < -0.3 is 9.84 Å². The molecule has 0 saturated carbocycles. The number of benzene rings is 1. The lowest BCUT2D eigenvalue weighted by Crippen LogP contribution is -2.26. The first-order chi connectivity index (χ1) is 9.61. The molecule has 0 radical (unpaired) electrons. The number of nitrogens with one attached hydrogen (secondary N) is 1. The maximum Gasteiger partial charge on any atom is 0.249 e. The number of carbonyl (C=O) groups is 1. The number of hydrogen-bond donors (Lipinski definition) is 1. The summed E-state index contributed by atoms with van der Waals surface area (Å²) in [5.74, 6) is 0.970. The third-order valence-electron chi connectivity index (χ3n) is 3.05. The quantitative estimate of drug-likeness (QED) is 0.909. The second-order valence-electron chi connectivity index (χ2n) is 4.81. The number of carbonyl (C=O) groups excluding carboxylic acids is 1. The van der Waals surface area contributed by atoms with E-state index in [-0.39, 0.29) is 11.9 Å². The van der Waals surface area contributed by atoms with Crippen molar-refractivity contribution >= 4 is 5.91 Å². The zero-order valence-corrected chi connectivity index (χ0v) is 12.0. The van der Waals surface area contributed by atoms with Crippen LogP contribution < -0.4 is 5.32 Å². The lowest BCUT2D eigenvalue weighted by Gasteiger charge is -2.08. The van der Waals surface area contributed by atoms with Gasteiger partial charge in [-0.3, -0.25) is 4.79 Å². The van der Waals surface area contributed by atoms with E-state index in [1.807, 2.05) is 45.0 Å². The van der Waals surface area contributed by atoms with Gasteiger partial charge in [0, 0.05) is 12.0 Å². The Balaban J connectivity index is 2.13. The Labute approximate surface area is 118 Å².